The van der Waals surface area contributed by atoms with Gasteiger partial charge in [-0.15, -0.1) is 0 Å². The molecule has 1 fully saturated rings. The highest BCUT2D eigenvalue weighted by Gasteiger charge is 2.26. The Bertz CT molecular complexity index is 1240. The first-order valence-corrected chi connectivity index (χ1v) is 13.8. The maximum absolute atomic E-state index is 12.7. The van der Waals surface area contributed by atoms with Gasteiger partial charge in [0.2, 0.25) is 17.8 Å². The summed E-state index contributed by atoms with van der Waals surface area (Å²) in [5, 5.41) is 10.6. The van der Waals surface area contributed by atoms with Crippen LogP contribution in [0.3, 0.4) is 0 Å². The Kier molecular flexibility index (Phi) is 11.4. The summed E-state index contributed by atoms with van der Waals surface area (Å²) in [4.78, 5) is 37.7. The molecule has 1 aliphatic rings. The SMILES string of the molecule is C=C/C=C(\C=C\NC(=O)C1CCN(C(=O)C=C)CC1)Nc1nc(OCCCN(C)CC)nc2c(C(C)C)cnn12. The number of hydrogen-bond donors (Lipinski definition) is 2. The molecule has 3 heterocycles. The van der Waals surface area contributed by atoms with Crippen molar-refractivity contribution in [2.45, 2.75) is 46.0 Å². The maximum Gasteiger partial charge on any atom is 0.321 e. The molecule has 0 aliphatic carbocycles. The predicted molar refractivity (Wildman–Crippen MR) is 157 cm³/mol. The molecule has 2 aromatic rings. The molecule has 1 saturated heterocycles. The van der Waals surface area contributed by atoms with Gasteiger partial charge in [0.05, 0.1) is 12.8 Å². The molecule has 3 rings (SSSR count). The van der Waals surface area contributed by atoms with Gasteiger partial charge in [-0.3, -0.25) is 9.59 Å². The van der Waals surface area contributed by atoms with E-state index in [1.54, 1.807) is 40.0 Å². The Hall–Kier alpha value is -3.99. The van der Waals surface area contributed by atoms with Gasteiger partial charge in [0.1, 0.15) is 0 Å². The van der Waals surface area contributed by atoms with Crippen molar-refractivity contribution in [1.29, 1.82) is 0 Å². The van der Waals surface area contributed by atoms with Crippen molar-refractivity contribution in [2.75, 3.05) is 45.2 Å². The number of carbonyl (C=O) groups is 2. The Balaban J connectivity index is 1.71. The van der Waals surface area contributed by atoms with Gasteiger partial charge in [0.15, 0.2) is 5.65 Å². The highest BCUT2D eigenvalue weighted by Crippen LogP contribution is 2.23. The number of allylic oxidation sites excluding steroid dienone is 3. The molecule has 11 nitrogen and oxygen atoms in total. The van der Waals surface area contributed by atoms with E-state index in [2.05, 4.69) is 71.6 Å². The van der Waals surface area contributed by atoms with Gasteiger partial charge < -0.3 is 25.2 Å². The normalized spacial score (nSPS) is 14.8. The molecule has 216 valence electrons. The predicted octanol–water partition coefficient (Wildman–Crippen LogP) is 3.50. The van der Waals surface area contributed by atoms with Crippen LogP contribution in [-0.2, 0) is 9.59 Å². The molecule has 2 aromatic heterocycles. The number of piperidine rings is 1. The number of fused-ring (bicyclic) bond motifs is 1. The van der Waals surface area contributed by atoms with Gasteiger partial charge in [-0.05, 0) is 57.0 Å². The minimum atomic E-state index is -0.157. The van der Waals surface area contributed by atoms with E-state index in [-0.39, 0.29) is 29.7 Å². The van der Waals surface area contributed by atoms with Crippen LogP contribution in [0.2, 0.25) is 0 Å². The first-order chi connectivity index (χ1) is 19.3. The molecular formula is C29H42N8O3. The largest absolute Gasteiger partial charge is 0.463 e. The number of nitrogens with one attached hydrogen (secondary N) is 2. The van der Waals surface area contributed by atoms with Crippen LogP contribution < -0.4 is 15.4 Å². The standard InChI is InChI=1S/C29H42N8O3/c1-7-11-23(12-15-30-27(39)22-13-17-36(18-14-22)25(38)8-2)32-28-34-29(40-19-10-16-35(6)9-3)33-26-24(21(4)5)20-31-37(26)28/h7-8,11-12,15,20-22H,1-2,9-10,13-14,16-19H2,3-6H3,(H,30,39)(H,32,33,34)/b15-12+,23-11+. The smallest absolute Gasteiger partial charge is 0.321 e. The summed E-state index contributed by atoms with van der Waals surface area (Å²) in [5.41, 5.74) is 2.29. The fourth-order valence-electron chi connectivity index (χ4n) is 4.30. The molecule has 2 amide bonds. The van der Waals surface area contributed by atoms with E-state index in [1.165, 1.54) is 6.08 Å². The summed E-state index contributed by atoms with van der Waals surface area (Å²) in [7, 11) is 2.07. The molecule has 0 radical (unpaired) electrons. The van der Waals surface area contributed by atoms with Crippen LogP contribution in [0.25, 0.3) is 5.65 Å². The number of amides is 2. The minimum Gasteiger partial charge on any atom is -0.463 e. The molecule has 0 atom stereocenters. The number of nitrogens with zero attached hydrogens (tertiary/aromatic N) is 6. The summed E-state index contributed by atoms with van der Waals surface area (Å²) in [6.45, 7) is 17.1. The Labute approximate surface area is 236 Å². The summed E-state index contributed by atoms with van der Waals surface area (Å²) in [6, 6.07) is 0.271. The fraction of sp³-hybridized carbons (Fsp3) is 0.483. The van der Waals surface area contributed by atoms with Crippen LogP contribution >= 0.6 is 0 Å². The van der Waals surface area contributed by atoms with E-state index in [9.17, 15) is 9.59 Å². The van der Waals surface area contributed by atoms with Crippen molar-refractivity contribution >= 4 is 23.4 Å². The minimum absolute atomic E-state index is 0.0811. The van der Waals surface area contributed by atoms with Crippen LogP contribution in [-0.4, -0.2) is 81.0 Å². The lowest BCUT2D eigenvalue weighted by molar-refractivity contribution is -0.131. The zero-order chi connectivity index (χ0) is 29.1. The molecule has 2 N–H and O–H groups in total. The summed E-state index contributed by atoms with van der Waals surface area (Å²) >= 11 is 0. The zero-order valence-electron chi connectivity index (χ0n) is 24.1. The number of rotatable bonds is 14. The van der Waals surface area contributed by atoms with E-state index >= 15 is 0 Å². The molecule has 11 heteroatoms. The fourth-order valence-corrected chi connectivity index (χ4v) is 4.30. The third-order valence-corrected chi connectivity index (χ3v) is 6.85. The molecule has 0 saturated carbocycles. The van der Waals surface area contributed by atoms with Gasteiger partial charge >= 0.3 is 6.01 Å². The monoisotopic (exact) mass is 550 g/mol. The lowest BCUT2D eigenvalue weighted by atomic mass is 9.96. The summed E-state index contributed by atoms with van der Waals surface area (Å²) < 4.78 is 7.58. The number of anilines is 1. The average Bonchev–Trinajstić information content (AvgIpc) is 3.39. The Morgan fingerprint density at radius 3 is 2.65 bits per heavy atom. The van der Waals surface area contributed by atoms with Gasteiger partial charge in [-0.2, -0.15) is 19.6 Å². The van der Waals surface area contributed by atoms with Crippen molar-refractivity contribution in [1.82, 2.24) is 34.7 Å². The molecule has 1 aliphatic heterocycles. The lowest BCUT2D eigenvalue weighted by Crippen LogP contribution is -2.41. The molecular weight excluding hydrogens is 508 g/mol. The number of hydrogen-bond acceptors (Lipinski definition) is 8. The van der Waals surface area contributed by atoms with Gasteiger partial charge in [-0.1, -0.05) is 40.0 Å². The second-order valence-corrected chi connectivity index (χ2v) is 10.0. The molecule has 0 spiro atoms. The first kappa shape index (κ1) is 30.6. The molecule has 0 bridgehead atoms. The molecule has 0 aromatic carbocycles. The second-order valence-electron chi connectivity index (χ2n) is 10.0. The zero-order valence-corrected chi connectivity index (χ0v) is 24.1. The lowest BCUT2D eigenvalue weighted by Gasteiger charge is -2.30. The van der Waals surface area contributed by atoms with E-state index in [4.69, 9.17) is 4.74 Å². The van der Waals surface area contributed by atoms with Crippen molar-refractivity contribution in [3.05, 3.63) is 61.1 Å². The van der Waals surface area contributed by atoms with Crippen molar-refractivity contribution in [2.24, 2.45) is 5.92 Å². The second kappa shape index (κ2) is 15.0. The van der Waals surface area contributed by atoms with Crippen LogP contribution in [0.5, 0.6) is 6.01 Å². The van der Waals surface area contributed by atoms with E-state index in [1.807, 2.05) is 0 Å². The molecule has 0 unspecified atom stereocenters. The molecule has 40 heavy (non-hydrogen) atoms. The van der Waals surface area contributed by atoms with Crippen molar-refractivity contribution in [3.8, 4) is 6.01 Å². The number of likely N-dealkylation sites (tertiary alicyclic amines) is 1. The van der Waals surface area contributed by atoms with Gasteiger partial charge in [0.25, 0.3) is 0 Å². The number of ether oxygens (including phenoxy) is 1. The Morgan fingerprint density at radius 2 is 2.00 bits per heavy atom. The average molecular weight is 551 g/mol. The van der Waals surface area contributed by atoms with Gasteiger partial charge in [0, 0.05) is 43.0 Å². The quantitative estimate of drug-likeness (QED) is 0.209. The van der Waals surface area contributed by atoms with Crippen LogP contribution in [0.15, 0.2) is 55.6 Å². The highest BCUT2D eigenvalue weighted by molar-refractivity contribution is 5.87. The van der Waals surface area contributed by atoms with Crippen LogP contribution in [0, 0.1) is 5.92 Å². The van der Waals surface area contributed by atoms with E-state index in [0.717, 1.165) is 25.1 Å². The van der Waals surface area contributed by atoms with E-state index < -0.39 is 0 Å². The highest BCUT2D eigenvalue weighted by atomic mass is 16.5. The topological polar surface area (TPSA) is 117 Å². The third kappa shape index (κ3) is 8.25. The summed E-state index contributed by atoms with van der Waals surface area (Å²) in [6.07, 6.45) is 11.9. The number of aromatic nitrogens is 4. The van der Waals surface area contributed by atoms with Gasteiger partial charge in [-0.25, -0.2) is 0 Å². The Morgan fingerprint density at radius 1 is 1.25 bits per heavy atom. The number of carbonyl (C=O) groups excluding carboxylic acids is 2. The van der Waals surface area contributed by atoms with Crippen molar-refractivity contribution in [3.63, 3.8) is 0 Å². The third-order valence-electron chi connectivity index (χ3n) is 6.85. The maximum atomic E-state index is 12.7. The first-order valence-electron chi connectivity index (χ1n) is 13.8. The van der Waals surface area contributed by atoms with Crippen LogP contribution in [0.4, 0.5) is 5.95 Å². The van der Waals surface area contributed by atoms with E-state index in [0.29, 0.717) is 49.8 Å². The summed E-state index contributed by atoms with van der Waals surface area (Å²) in [5.74, 6) is 0.308. The van der Waals surface area contributed by atoms with Crippen molar-refractivity contribution < 1.29 is 14.3 Å². The van der Waals surface area contributed by atoms with Crippen LogP contribution in [0.1, 0.15) is 51.5 Å².